The number of anilines is 1. The molecule has 5 nitrogen and oxygen atoms in total. The van der Waals surface area contributed by atoms with Crippen LogP contribution in [-0.2, 0) is 4.79 Å². The Balaban J connectivity index is 1.67. The van der Waals surface area contributed by atoms with Gasteiger partial charge in [-0.1, -0.05) is 0 Å². The number of carbonyl (C=O) groups is 1. The third-order valence-electron chi connectivity index (χ3n) is 3.19. The monoisotopic (exact) mass is 234 g/mol. The summed E-state index contributed by atoms with van der Waals surface area (Å²) in [7, 11) is 0. The first-order valence-electron chi connectivity index (χ1n) is 5.68. The molecule has 0 aromatic heterocycles. The van der Waals surface area contributed by atoms with Gasteiger partial charge in [0.05, 0.1) is 0 Å². The smallest absolute Gasteiger partial charge is 0.231 e. The maximum atomic E-state index is 11.8. The Bertz CT molecular complexity index is 455. The van der Waals surface area contributed by atoms with E-state index in [4.69, 9.17) is 15.2 Å². The van der Waals surface area contributed by atoms with Crippen LogP contribution in [0.25, 0.3) is 0 Å². The molecule has 3 N–H and O–H groups in total. The molecule has 0 saturated heterocycles. The van der Waals surface area contributed by atoms with Crippen LogP contribution < -0.4 is 20.5 Å². The molecule has 2 aliphatic rings. The summed E-state index contributed by atoms with van der Waals surface area (Å²) in [6, 6.07) is 5.57. The second kappa shape index (κ2) is 3.92. The Morgan fingerprint density at radius 1 is 1.29 bits per heavy atom. The molecule has 0 bridgehead atoms. The quantitative estimate of drug-likeness (QED) is 0.803. The number of hydrogen-bond donors (Lipinski definition) is 2. The molecule has 0 unspecified atom stereocenters. The van der Waals surface area contributed by atoms with E-state index in [2.05, 4.69) is 5.32 Å². The van der Waals surface area contributed by atoms with E-state index in [-0.39, 0.29) is 24.7 Å². The van der Waals surface area contributed by atoms with Crippen molar-refractivity contribution >= 4 is 11.6 Å². The fourth-order valence-corrected chi connectivity index (χ4v) is 2.09. The molecular formula is C12H14N2O3. The lowest BCUT2D eigenvalue weighted by molar-refractivity contribution is -0.122. The maximum Gasteiger partial charge on any atom is 0.231 e. The van der Waals surface area contributed by atoms with Crippen LogP contribution in [0.15, 0.2) is 18.2 Å². The van der Waals surface area contributed by atoms with Crippen LogP contribution in [0.4, 0.5) is 5.69 Å². The topological polar surface area (TPSA) is 73.6 Å². The minimum Gasteiger partial charge on any atom is -0.454 e. The van der Waals surface area contributed by atoms with E-state index in [1.807, 2.05) is 6.07 Å². The summed E-state index contributed by atoms with van der Waals surface area (Å²) < 4.78 is 10.4. The minimum absolute atomic E-state index is 0.0329. The van der Waals surface area contributed by atoms with E-state index < -0.39 is 0 Å². The number of benzene rings is 1. The number of nitrogens with one attached hydrogen (secondary N) is 1. The average Bonchev–Trinajstić information content (AvgIpc) is 2.71. The lowest BCUT2D eigenvalue weighted by Gasteiger charge is -2.31. The summed E-state index contributed by atoms with van der Waals surface area (Å²) >= 11 is 0. The highest BCUT2D eigenvalue weighted by Crippen LogP contribution is 2.35. The fourth-order valence-electron chi connectivity index (χ4n) is 2.09. The van der Waals surface area contributed by atoms with Crippen LogP contribution in [0.3, 0.4) is 0 Å². The molecule has 1 aliphatic heterocycles. The normalized spacial score (nSPS) is 25.2. The van der Waals surface area contributed by atoms with Crippen LogP contribution in [0.1, 0.15) is 12.8 Å². The SMILES string of the molecule is NC1CC(C(=O)Nc2ccc3c(c2)OCO3)C1. The van der Waals surface area contributed by atoms with Crippen molar-refractivity contribution in [2.45, 2.75) is 18.9 Å². The number of amides is 1. The van der Waals surface area contributed by atoms with Crippen molar-refractivity contribution < 1.29 is 14.3 Å². The third-order valence-corrected chi connectivity index (χ3v) is 3.19. The van der Waals surface area contributed by atoms with Crippen LogP contribution in [0.5, 0.6) is 11.5 Å². The molecule has 5 heteroatoms. The van der Waals surface area contributed by atoms with Crippen molar-refractivity contribution in [1.29, 1.82) is 0 Å². The standard InChI is InChI=1S/C12H14N2O3/c13-8-3-7(4-8)12(15)14-9-1-2-10-11(5-9)17-6-16-10/h1-2,5,7-8H,3-4,6,13H2,(H,14,15). The number of rotatable bonds is 2. The predicted molar refractivity (Wildman–Crippen MR) is 61.9 cm³/mol. The molecule has 1 amide bonds. The maximum absolute atomic E-state index is 11.8. The third kappa shape index (κ3) is 1.93. The highest BCUT2D eigenvalue weighted by molar-refractivity contribution is 5.93. The molecule has 1 aromatic rings. The van der Waals surface area contributed by atoms with Gasteiger partial charge in [0.15, 0.2) is 11.5 Å². The van der Waals surface area contributed by atoms with Crippen molar-refractivity contribution in [3.05, 3.63) is 18.2 Å². The second-order valence-electron chi connectivity index (χ2n) is 4.49. The van der Waals surface area contributed by atoms with Gasteiger partial charge in [-0.3, -0.25) is 4.79 Å². The molecule has 0 radical (unpaired) electrons. The van der Waals surface area contributed by atoms with Crippen LogP contribution in [0, 0.1) is 5.92 Å². The zero-order chi connectivity index (χ0) is 11.8. The molecule has 1 heterocycles. The zero-order valence-electron chi connectivity index (χ0n) is 9.31. The largest absolute Gasteiger partial charge is 0.454 e. The Kier molecular flexibility index (Phi) is 2.40. The second-order valence-corrected chi connectivity index (χ2v) is 4.49. The van der Waals surface area contributed by atoms with E-state index in [1.54, 1.807) is 12.1 Å². The Morgan fingerprint density at radius 2 is 2.06 bits per heavy atom. The molecule has 90 valence electrons. The van der Waals surface area contributed by atoms with Gasteiger partial charge in [-0.25, -0.2) is 0 Å². The number of hydrogen-bond acceptors (Lipinski definition) is 4. The molecule has 0 atom stereocenters. The first kappa shape index (κ1) is 10.4. The van der Waals surface area contributed by atoms with E-state index in [1.165, 1.54) is 0 Å². The Hall–Kier alpha value is -1.75. The van der Waals surface area contributed by atoms with Crippen LogP contribution in [-0.4, -0.2) is 18.7 Å². The van der Waals surface area contributed by atoms with E-state index in [0.717, 1.165) is 18.5 Å². The molecule has 1 fully saturated rings. The number of fused-ring (bicyclic) bond motifs is 1. The lowest BCUT2D eigenvalue weighted by atomic mass is 9.80. The van der Waals surface area contributed by atoms with Crippen molar-refractivity contribution in [1.82, 2.24) is 0 Å². The molecular weight excluding hydrogens is 220 g/mol. The van der Waals surface area contributed by atoms with Crippen molar-refractivity contribution in [2.24, 2.45) is 11.7 Å². The average molecular weight is 234 g/mol. The van der Waals surface area contributed by atoms with E-state index in [9.17, 15) is 4.79 Å². The lowest BCUT2D eigenvalue weighted by Crippen LogP contribution is -2.42. The molecule has 17 heavy (non-hydrogen) atoms. The van der Waals surface area contributed by atoms with Gasteiger partial charge in [0.2, 0.25) is 12.7 Å². The highest BCUT2D eigenvalue weighted by atomic mass is 16.7. The summed E-state index contributed by atoms with van der Waals surface area (Å²) in [6.45, 7) is 0.240. The number of nitrogens with two attached hydrogens (primary N) is 1. The van der Waals surface area contributed by atoms with Gasteiger partial charge in [0.25, 0.3) is 0 Å². The summed E-state index contributed by atoms with van der Waals surface area (Å²) in [5.41, 5.74) is 6.39. The van der Waals surface area contributed by atoms with Crippen LogP contribution >= 0.6 is 0 Å². The van der Waals surface area contributed by atoms with Crippen molar-refractivity contribution in [3.63, 3.8) is 0 Å². The molecule has 3 rings (SSSR count). The van der Waals surface area contributed by atoms with Gasteiger partial charge in [0, 0.05) is 23.7 Å². The van der Waals surface area contributed by atoms with Gasteiger partial charge < -0.3 is 20.5 Å². The van der Waals surface area contributed by atoms with Gasteiger partial charge in [-0.15, -0.1) is 0 Å². The zero-order valence-corrected chi connectivity index (χ0v) is 9.31. The van der Waals surface area contributed by atoms with Gasteiger partial charge in [-0.05, 0) is 25.0 Å². The van der Waals surface area contributed by atoms with Gasteiger partial charge in [-0.2, -0.15) is 0 Å². The molecule has 1 saturated carbocycles. The van der Waals surface area contributed by atoms with Crippen molar-refractivity contribution in [2.75, 3.05) is 12.1 Å². The number of ether oxygens (including phenoxy) is 2. The summed E-state index contributed by atoms with van der Waals surface area (Å²) in [5, 5.41) is 2.86. The first-order valence-corrected chi connectivity index (χ1v) is 5.68. The first-order chi connectivity index (χ1) is 8.22. The van der Waals surface area contributed by atoms with Gasteiger partial charge in [0.1, 0.15) is 0 Å². The minimum atomic E-state index is 0.0329. The Labute approximate surface area is 98.9 Å². The summed E-state index contributed by atoms with van der Waals surface area (Å²) in [6.07, 6.45) is 1.55. The predicted octanol–water partition coefficient (Wildman–Crippen LogP) is 1.09. The van der Waals surface area contributed by atoms with E-state index >= 15 is 0 Å². The summed E-state index contributed by atoms with van der Waals surface area (Å²) in [4.78, 5) is 11.8. The van der Waals surface area contributed by atoms with Crippen LogP contribution in [0.2, 0.25) is 0 Å². The fraction of sp³-hybridized carbons (Fsp3) is 0.417. The number of carbonyl (C=O) groups excluding carboxylic acids is 1. The summed E-state index contributed by atoms with van der Waals surface area (Å²) in [5.74, 6) is 1.47. The molecule has 1 aromatic carbocycles. The Morgan fingerprint density at radius 3 is 2.82 bits per heavy atom. The highest BCUT2D eigenvalue weighted by Gasteiger charge is 2.32. The molecule has 1 aliphatic carbocycles. The van der Waals surface area contributed by atoms with Crippen molar-refractivity contribution in [3.8, 4) is 11.5 Å². The molecule has 0 spiro atoms. The van der Waals surface area contributed by atoms with E-state index in [0.29, 0.717) is 11.5 Å². The van der Waals surface area contributed by atoms with Gasteiger partial charge >= 0.3 is 0 Å².